The first kappa shape index (κ1) is 21.1. The van der Waals surface area contributed by atoms with Crippen molar-refractivity contribution in [2.75, 3.05) is 19.7 Å². The SMILES string of the molecule is OC(CNCCOc1ccc(-c2cnc(-c3ccccc3)[nH]2)cc1)c1ccc(Cl)nc1. The van der Waals surface area contributed by atoms with Crippen molar-refractivity contribution < 1.29 is 9.84 Å². The summed E-state index contributed by atoms with van der Waals surface area (Å²) in [6.45, 7) is 1.52. The average molecular weight is 435 g/mol. The molecule has 7 heteroatoms. The second-order valence-corrected chi connectivity index (χ2v) is 7.41. The van der Waals surface area contributed by atoms with Gasteiger partial charge >= 0.3 is 0 Å². The van der Waals surface area contributed by atoms with Crippen molar-refractivity contribution in [1.82, 2.24) is 20.3 Å². The fraction of sp³-hybridized carbons (Fsp3) is 0.167. The maximum absolute atomic E-state index is 10.1. The lowest BCUT2D eigenvalue weighted by Gasteiger charge is -2.12. The summed E-state index contributed by atoms with van der Waals surface area (Å²) in [4.78, 5) is 11.8. The van der Waals surface area contributed by atoms with E-state index in [0.29, 0.717) is 24.8 Å². The van der Waals surface area contributed by atoms with Crippen LogP contribution in [0.15, 0.2) is 79.1 Å². The van der Waals surface area contributed by atoms with E-state index in [0.717, 1.165) is 34.0 Å². The topological polar surface area (TPSA) is 83.1 Å². The Morgan fingerprint density at radius 1 is 0.935 bits per heavy atom. The lowest BCUT2D eigenvalue weighted by molar-refractivity contribution is 0.171. The molecule has 1 atom stereocenters. The van der Waals surface area contributed by atoms with Gasteiger partial charge in [-0.3, -0.25) is 0 Å². The van der Waals surface area contributed by atoms with Crippen molar-refractivity contribution >= 4 is 11.6 Å². The lowest BCUT2D eigenvalue weighted by atomic mass is 10.1. The summed E-state index contributed by atoms with van der Waals surface area (Å²) < 4.78 is 5.77. The number of halogens is 1. The van der Waals surface area contributed by atoms with Crippen LogP contribution in [0.25, 0.3) is 22.6 Å². The molecule has 2 aromatic heterocycles. The van der Waals surface area contributed by atoms with Gasteiger partial charge in [0, 0.05) is 30.4 Å². The first-order valence-electron chi connectivity index (χ1n) is 10.0. The van der Waals surface area contributed by atoms with Crippen molar-refractivity contribution in [2.45, 2.75) is 6.10 Å². The van der Waals surface area contributed by atoms with Gasteiger partial charge in [0.25, 0.3) is 0 Å². The standard InChI is InChI=1S/C24H23ClN4O2/c25-23-11-8-19(14-27-23)22(30)16-26-12-13-31-20-9-6-17(7-10-20)21-15-28-24(29-21)18-4-2-1-3-5-18/h1-11,14-15,22,26,30H,12-13,16H2,(H,28,29). The van der Waals surface area contributed by atoms with Gasteiger partial charge in [-0.2, -0.15) is 0 Å². The Morgan fingerprint density at radius 2 is 1.74 bits per heavy atom. The number of benzene rings is 2. The monoisotopic (exact) mass is 434 g/mol. The van der Waals surface area contributed by atoms with Crippen LogP contribution in [0.3, 0.4) is 0 Å². The molecule has 0 amide bonds. The number of aliphatic hydroxyl groups excluding tert-OH is 1. The second kappa shape index (κ2) is 10.2. The summed E-state index contributed by atoms with van der Waals surface area (Å²) in [5, 5.41) is 13.7. The minimum atomic E-state index is -0.640. The zero-order chi connectivity index (χ0) is 21.5. The minimum absolute atomic E-state index is 0.410. The zero-order valence-electron chi connectivity index (χ0n) is 16.8. The summed E-state index contributed by atoms with van der Waals surface area (Å²) in [6.07, 6.45) is 2.78. The van der Waals surface area contributed by atoms with Gasteiger partial charge in [-0.25, -0.2) is 9.97 Å². The Labute approximate surface area is 185 Å². The number of aliphatic hydroxyl groups is 1. The molecule has 2 heterocycles. The van der Waals surface area contributed by atoms with Crippen molar-refractivity contribution in [3.63, 3.8) is 0 Å². The van der Waals surface area contributed by atoms with E-state index in [2.05, 4.69) is 20.3 Å². The highest BCUT2D eigenvalue weighted by Gasteiger charge is 2.08. The molecule has 2 aromatic carbocycles. The molecule has 0 saturated heterocycles. The van der Waals surface area contributed by atoms with Gasteiger partial charge in [0.2, 0.25) is 0 Å². The number of nitrogens with zero attached hydrogens (tertiary/aromatic N) is 2. The Kier molecular flexibility index (Phi) is 6.94. The summed E-state index contributed by atoms with van der Waals surface area (Å²) in [6, 6.07) is 21.3. The summed E-state index contributed by atoms with van der Waals surface area (Å²) in [7, 11) is 0. The molecule has 4 rings (SSSR count). The molecule has 0 radical (unpaired) electrons. The molecule has 0 fully saturated rings. The summed E-state index contributed by atoms with van der Waals surface area (Å²) in [5.41, 5.74) is 3.78. The van der Waals surface area contributed by atoms with E-state index in [-0.39, 0.29) is 0 Å². The molecule has 158 valence electrons. The largest absolute Gasteiger partial charge is 0.492 e. The Morgan fingerprint density at radius 3 is 2.48 bits per heavy atom. The highest BCUT2D eigenvalue weighted by atomic mass is 35.5. The molecule has 0 aliphatic carbocycles. The number of imidazole rings is 1. The number of H-pyrrole nitrogens is 1. The predicted octanol–water partition coefficient (Wildman–Crippen LogP) is 4.49. The molecule has 0 spiro atoms. The smallest absolute Gasteiger partial charge is 0.137 e. The molecule has 0 saturated carbocycles. The molecule has 1 unspecified atom stereocenters. The van der Waals surface area contributed by atoms with Crippen LogP contribution in [0.4, 0.5) is 0 Å². The summed E-state index contributed by atoms with van der Waals surface area (Å²) in [5.74, 6) is 1.63. The van der Waals surface area contributed by atoms with E-state index in [1.54, 1.807) is 18.3 Å². The van der Waals surface area contributed by atoms with Crippen LogP contribution < -0.4 is 10.1 Å². The number of pyridine rings is 1. The highest BCUT2D eigenvalue weighted by molar-refractivity contribution is 6.29. The van der Waals surface area contributed by atoms with Crippen molar-refractivity contribution in [2.24, 2.45) is 0 Å². The van der Waals surface area contributed by atoms with Gasteiger partial charge in [-0.15, -0.1) is 0 Å². The van der Waals surface area contributed by atoms with E-state index in [1.165, 1.54) is 0 Å². The Hall–Kier alpha value is -3.19. The number of hydrogen-bond donors (Lipinski definition) is 3. The van der Waals surface area contributed by atoms with E-state index in [4.69, 9.17) is 16.3 Å². The fourth-order valence-corrected chi connectivity index (χ4v) is 3.24. The van der Waals surface area contributed by atoms with Gasteiger partial charge in [0.15, 0.2) is 0 Å². The molecular formula is C24H23ClN4O2. The quantitative estimate of drug-likeness (QED) is 0.267. The highest BCUT2D eigenvalue weighted by Crippen LogP contribution is 2.24. The van der Waals surface area contributed by atoms with Gasteiger partial charge < -0.3 is 20.1 Å². The van der Waals surface area contributed by atoms with Crippen LogP contribution in [-0.4, -0.2) is 39.8 Å². The first-order valence-corrected chi connectivity index (χ1v) is 10.4. The van der Waals surface area contributed by atoms with E-state index in [1.807, 2.05) is 60.8 Å². The lowest BCUT2D eigenvalue weighted by Crippen LogP contribution is -2.26. The molecule has 4 aromatic rings. The Bertz CT molecular complexity index is 1080. The van der Waals surface area contributed by atoms with Gasteiger partial charge in [0.1, 0.15) is 23.3 Å². The number of hydrogen-bond acceptors (Lipinski definition) is 5. The Balaban J connectivity index is 1.23. The molecule has 31 heavy (non-hydrogen) atoms. The third kappa shape index (κ3) is 5.70. The van der Waals surface area contributed by atoms with Crippen molar-refractivity contribution in [1.29, 1.82) is 0 Å². The van der Waals surface area contributed by atoms with Crippen LogP contribution in [0, 0.1) is 0 Å². The number of nitrogens with one attached hydrogen (secondary N) is 2. The third-order valence-corrected chi connectivity index (χ3v) is 5.03. The fourth-order valence-electron chi connectivity index (χ4n) is 3.12. The molecule has 3 N–H and O–H groups in total. The number of rotatable bonds is 9. The maximum Gasteiger partial charge on any atom is 0.137 e. The third-order valence-electron chi connectivity index (χ3n) is 4.81. The van der Waals surface area contributed by atoms with E-state index in [9.17, 15) is 5.11 Å². The van der Waals surface area contributed by atoms with Crippen molar-refractivity contribution in [3.8, 4) is 28.4 Å². The number of aromatic amines is 1. The molecule has 0 aliphatic rings. The van der Waals surface area contributed by atoms with Gasteiger partial charge in [0.05, 0.1) is 18.0 Å². The normalized spacial score (nSPS) is 11.9. The summed E-state index contributed by atoms with van der Waals surface area (Å²) >= 11 is 5.76. The van der Waals surface area contributed by atoms with Crippen LogP contribution in [0.5, 0.6) is 5.75 Å². The second-order valence-electron chi connectivity index (χ2n) is 7.02. The predicted molar refractivity (Wildman–Crippen MR) is 122 cm³/mol. The average Bonchev–Trinajstić information content (AvgIpc) is 3.30. The molecular weight excluding hydrogens is 412 g/mol. The van der Waals surface area contributed by atoms with Gasteiger partial charge in [-0.1, -0.05) is 48.0 Å². The first-order chi connectivity index (χ1) is 15.2. The number of aromatic nitrogens is 3. The maximum atomic E-state index is 10.1. The van der Waals surface area contributed by atoms with Gasteiger partial charge in [-0.05, 0) is 35.9 Å². The van der Waals surface area contributed by atoms with Crippen molar-refractivity contribution in [3.05, 3.63) is 89.8 Å². The molecule has 0 aliphatic heterocycles. The van der Waals surface area contributed by atoms with Crippen LogP contribution in [0.1, 0.15) is 11.7 Å². The van der Waals surface area contributed by atoms with Crippen LogP contribution in [-0.2, 0) is 0 Å². The minimum Gasteiger partial charge on any atom is -0.492 e. The van der Waals surface area contributed by atoms with E-state index < -0.39 is 6.10 Å². The molecule has 0 bridgehead atoms. The number of ether oxygens (including phenoxy) is 1. The molecule has 6 nitrogen and oxygen atoms in total. The van der Waals surface area contributed by atoms with Crippen LogP contribution >= 0.6 is 11.6 Å². The van der Waals surface area contributed by atoms with Crippen LogP contribution in [0.2, 0.25) is 5.15 Å². The van der Waals surface area contributed by atoms with E-state index >= 15 is 0 Å². The zero-order valence-corrected chi connectivity index (χ0v) is 17.6.